The number of nitrogens with two attached hydrogens (primary N) is 1. The van der Waals surface area contributed by atoms with Crippen molar-refractivity contribution >= 4 is 28.8 Å². The van der Waals surface area contributed by atoms with Gasteiger partial charge in [-0.05, 0) is 13.3 Å². The molecule has 0 saturated carbocycles. The Balaban J connectivity index is 2.52. The van der Waals surface area contributed by atoms with E-state index in [-0.39, 0.29) is 34.9 Å². The van der Waals surface area contributed by atoms with Crippen molar-refractivity contribution in [2.75, 3.05) is 17.2 Å². The average Bonchev–Trinajstić information content (AvgIpc) is 2.55. The second-order valence-corrected chi connectivity index (χ2v) is 4.74. The van der Waals surface area contributed by atoms with Crippen LogP contribution in [0.25, 0.3) is 0 Å². The van der Waals surface area contributed by atoms with Crippen LogP contribution in [-0.4, -0.2) is 33.7 Å². The first kappa shape index (κ1) is 12.8. The first-order valence-corrected chi connectivity index (χ1v) is 5.83. The van der Waals surface area contributed by atoms with Gasteiger partial charge in [-0.25, -0.2) is 4.98 Å². The van der Waals surface area contributed by atoms with E-state index in [4.69, 9.17) is 17.3 Å². The summed E-state index contributed by atoms with van der Waals surface area (Å²) >= 11 is 5.79. The Morgan fingerprint density at radius 2 is 2.39 bits per heavy atom. The molecule has 0 unspecified atom stereocenters. The third kappa shape index (κ3) is 2.19. The maximum Gasteiger partial charge on any atom is 0.334 e. The average molecular weight is 273 g/mol. The summed E-state index contributed by atoms with van der Waals surface area (Å²) in [7, 11) is 0. The molecular weight excluding hydrogens is 260 g/mol. The fraction of sp³-hybridized carbons (Fsp3) is 0.500. The standard InChI is InChI=1S/C10H13ClN4O3/c1-5-2-6(16)4-14(5)10-9(15(17)18)7(12)3-8(11)13-10/h3,5-6,16H,2,4H2,1H3,(H2,12,13)/t5-,6-/m1/s1. The van der Waals surface area contributed by atoms with E-state index in [1.54, 1.807) is 4.90 Å². The highest BCUT2D eigenvalue weighted by Crippen LogP contribution is 2.37. The lowest BCUT2D eigenvalue weighted by Gasteiger charge is -2.22. The van der Waals surface area contributed by atoms with Crippen molar-refractivity contribution < 1.29 is 10.0 Å². The molecule has 2 atom stereocenters. The van der Waals surface area contributed by atoms with Crippen molar-refractivity contribution in [3.8, 4) is 0 Å². The second-order valence-electron chi connectivity index (χ2n) is 4.35. The number of pyridine rings is 1. The van der Waals surface area contributed by atoms with Crippen LogP contribution in [0, 0.1) is 10.1 Å². The van der Waals surface area contributed by atoms with Gasteiger partial charge in [-0.2, -0.15) is 0 Å². The molecule has 0 bridgehead atoms. The molecule has 98 valence electrons. The molecule has 0 aliphatic carbocycles. The highest BCUT2D eigenvalue weighted by molar-refractivity contribution is 6.30. The number of anilines is 2. The van der Waals surface area contributed by atoms with Gasteiger partial charge in [0.15, 0.2) is 0 Å². The monoisotopic (exact) mass is 272 g/mol. The topological polar surface area (TPSA) is 106 Å². The maximum atomic E-state index is 11.1. The van der Waals surface area contributed by atoms with E-state index < -0.39 is 11.0 Å². The van der Waals surface area contributed by atoms with Crippen molar-refractivity contribution in [3.05, 3.63) is 21.3 Å². The first-order valence-electron chi connectivity index (χ1n) is 5.45. The van der Waals surface area contributed by atoms with E-state index in [2.05, 4.69) is 4.98 Å². The molecule has 1 aliphatic heterocycles. The summed E-state index contributed by atoms with van der Waals surface area (Å²) in [6.07, 6.45) is 0.00670. The van der Waals surface area contributed by atoms with E-state index in [9.17, 15) is 15.2 Å². The summed E-state index contributed by atoms with van der Waals surface area (Å²) < 4.78 is 0. The Labute approximate surface area is 108 Å². The van der Waals surface area contributed by atoms with Crippen LogP contribution in [0.2, 0.25) is 5.15 Å². The number of aromatic nitrogens is 1. The predicted octanol–water partition coefficient (Wildman–Crippen LogP) is 1.18. The fourth-order valence-electron chi connectivity index (χ4n) is 2.20. The van der Waals surface area contributed by atoms with Crippen LogP contribution in [0.5, 0.6) is 0 Å². The van der Waals surface area contributed by atoms with E-state index in [1.807, 2.05) is 6.92 Å². The molecule has 0 aromatic carbocycles. The fourth-order valence-corrected chi connectivity index (χ4v) is 2.39. The molecule has 1 aromatic heterocycles. The summed E-state index contributed by atoms with van der Waals surface area (Å²) in [6, 6.07) is 1.20. The van der Waals surface area contributed by atoms with Crippen LogP contribution in [0.15, 0.2) is 6.07 Å². The van der Waals surface area contributed by atoms with Gasteiger partial charge < -0.3 is 15.7 Å². The molecule has 0 radical (unpaired) electrons. The van der Waals surface area contributed by atoms with Gasteiger partial charge in [-0.15, -0.1) is 0 Å². The van der Waals surface area contributed by atoms with Crippen LogP contribution in [-0.2, 0) is 0 Å². The van der Waals surface area contributed by atoms with Crippen LogP contribution < -0.4 is 10.6 Å². The van der Waals surface area contributed by atoms with Gasteiger partial charge in [0, 0.05) is 18.7 Å². The molecule has 18 heavy (non-hydrogen) atoms. The van der Waals surface area contributed by atoms with Gasteiger partial charge in [0.1, 0.15) is 10.8 Å². The molecule has 1 saturated heterocycles. The lowest BCUT2D eigenvalue weighted by Crippen LogP contribution is -2.29. The predicted molar refractivity (Wildman–Crippen MR) is 67.7 cm³/mol. The third-order valence-electron chi connectivity index (χ3n) is 2.98. The molecule has 2 rings (SSSR count). The number of nitro groups is 1. The highest BCUT2D eigenvalue weighted by Gasteiger charge is 2.34. The smallest absolute Gasteiger partial charge is 0.334 e. The molecule has 1 aliphatic rings. The van der Waals surface area contributed by atoms with E-state index in [0.717, 1.165) is 0 Å². The van der Waals surface area contributed by atoms with Crippen molar-refractivity contribution in [3.63, 3.8) is 0 Å². The Morgan fingerprint density at radius 3 is 2.89 bits per heavy atom. The molecule has 2 heterocycles. The van der Waals surface area contributed by atoms with Gasteiger partial charge in [-0.1, -0.05) is 11.6 Å². The van der Waals surface area contributed by atoms with Gasteiger partial charge >= 0.3 is 5.69 Å². The summed E-state index contributed by atoms with van der Waals surface area (Å²) in [4.78, 5) is 16.1. The molecule has 3 N–H and O–H groups in total. The van der Waals surface area contributed by atoms with Crippen LogP contribution in [0.3, 0.4) is 0 Å². The minimum atomic E-state index is -0.578. The van der Waals surface area contributed by atoms with E-state index in [1.165, 1.54) is 6.07 Å². The van der Waals surface area contributed by atoms with Gasteiger partial charge in [-0.3, -0.25) is 10.1 Å². The first-order chi connectivity index (χ1) is 8.40. The van der Waals surface area contributed by atoms with E-state index >= 15 is 0 Å². The van der Waals surface area contributed by atoms with E-state index in [0.29, 0.717) is 6.42 Å². The van der Waals surface area contributed by atoms with Gasteiger partial charge in [0.25, 0.3) is 0 Å². The number of nitrogen functional groups attached to an aromatic ring is 1. The maximum absolute atomic E-state index is 11.1. The Hall–Kier alpha value is -1.60. The zero-order chi connectivity index (χ0) is 13.4. The van der Waals surface area contributed by atoms with Gasteiger partial charge in [0.05, 0.1) is 11.0 Å². The zero-order valence-corrected chi connectivity index (χ0v) is 10.5. The number of rotatable bonds is 2. The number of hydrogen-bond donors (Lipinski definition) is 2. The molecule has 1 fully saturated rings. The molecule has 7 nitrogen and oxygen atoms in total. The number of halogens is 1. The lowest BCUT2D eigenvalue weighted by molar-refractivity contribution is -0.383. The Kier molecular flexibility index (Phi) is 3.27. The summed E-state index contributed by atoms with van der Waals surface area (Å²) in [5.41, 5.74) is 5.33. The van der Waals surface area contributed by atoms with Crippen LogP contribution in [0.1, 0.15) is 13.3 Å². The minimum Gasteiger partial charge on any atom is -0.393 e. The molecule has 0 spiro atoms. The quantitative estimate of drug-likeness (QED) is 0.476. The number of aliphatic hydroxyl groups is 1. The number of hydrogen-bond acceptors (Lipinski definition) is 6. The second kappa shape index (κ2) is 4.58. The zero-order valence-electron chi connectivity index (χ0n) is 9.71. The molecule has 1 aromatic rings. The number of β-amino-alcohol motifs (C(OH)–C–C–N with tert-alkyl or cyclic N) is 1. The van der Waals surface area contributed by atoms with Crippen molar-refractivity contribution in [1.29, 1.82) is 0 Å². The molecular formula is C10H13ClN4O3. The Morgan fingerprint density at radius 1 is 1.72 bits per heavy atom. The van der Waals surface area contributed by atoms with Crippen molar-refractivity contribution in [2.24, 2.45) is 0 Å². The largest absolute Gasteiger partial charge is 0.393 e. The summed E-state index contributed by atoms with van der Waals surface area (Å²) in [5, 5.41) is 20.7. The Bertz CT molecular complexity index is 496. The number of aliphatic hydroxyl groups excluding tert-OH is 1. The lowest BCUT2D eigenvalue weighted by atomic mass is 10.2. The summed E-state index contributed by atoms with van der Waals surface area (Å²) in [6.45, 7) is 2.15. The van der Waals surface area contributed by atoms with Gasteiger partial charge in [0.2, 0.25) is 5.82 Å². The SMILES string of the molecule is C[C@@H]1C[C@@H](O)CN1c1nc(Cl)cc(N)c1[N+](=O)[O-]. The highest BCUT2D eigenvalue weighted by atomic mass is 35.5. The molecule has 0 amide bonds. The molecule has 8 heteroatoms. The summed E-state index contributed by atoms with van der Waals surface area (Å²) in [5.74, 6) is 0.119. The van der Waals surface area contributed by atoms with Crippen LogP contribution in [0.4, 0.5) is 17.2 Å². The van der Waals surface area contributed by atoms with Crippen LogP contribution >= 0.6 is 11.6 Å². The van der Waals surface area contributed by atoms with Crippen molar-refractivity contribution in [2.45, 2.75) is 25.5 Å². The van der Waals surface area contributed by atoms with Crippen molar-refractivity contribution in [1.82, 2.24) is 4.98 Å². The minimum absolute atomic E-state index is 0.0245. The number of nitrogens with zero attached hydrogens (tertiary/aromatic N) is 3. The third-order valence-corrected chi connectivity index (χ3v) is 3.17. The normalized spacial score (nSPS) is 23.4.